The molecule has 0 spiro atoms. The van der Waals surface area contributed by atoms with Gasteiger partial charge in [0.25, 0.3) is 0 Å². The first kappa shape index (κ1) is 14.3. The van der Waals surface area contributed by atoms with Crippen molar-refractivity contribution in [3.05, 3.63) is 41.9 Å². The molecule has 0 bridgehead atoms. The molecular weight excluding hydrogens is 276 g/mol. The van der Waals surface area contributed by atoms with Gasteiger partial charge in [-0.25, -0.2) is 9.97 Å². The molecule has 1 aromatic carbocycles. The minimum absolute atomic E-state index is 0.303. The number of nitrogens with one attached hydrogen (secondary N) is 2. The van der Waals surface area contributed by atoms with Gasteiger partial charge in [-0.3, -0.25) is 0 Å². The van der Waals surface area contributed by atoms with Crippen LogP contribution in [0.1, 0.15) is 24.7 Å². The van der Waals surface area contributed by atoms with Gasteiger partial charge in [0.1, 0.15) is 11.6 Å². The van der Waals surface area contributed by atoms with Crippen molar-refractivity contribution in [3.63, 3.8) is 0 Å². The molecule has 3 rings (SSSR count). The van der Waals surface area contributed by atoms with E-state index in [4.69, 9.17) is 5.73 Å². The number of hydrogen-bond donors (Lipinski definition) is 3. The minimum Gasteiger partial charge on any atom is -0.370 e. The van der Waals surface area contributed by atoms with Crippen molar-refractivity contribution in [1.29, 1.82) is 0 Å². The van der Waals surface area contributed by atoms with Crippen molar-refractivity contribution in [2.75, 3.05) is 17.6 Å². The molecule has 0 atom stereocenters. The third-order valence-electron chi connectivity index (χ3n) is 3.59. The number of nitrogen functional groups attached to an aromatic ring is 1. The molecule has 0 saturated heterocycles. The number of aromatic nitrogens is 4. The lowest BCUT2D eigenvalue weighted by atomic mass is 10.2. The summed E-state index contributed by atoms with van der Waals surface area (Å²) in [6, 6.07) is 8.07. The molecule has 0 amide bonds. The Hall–Kier alpha value is -2.63. The second-order valence-electron chi connectivity index (χ2n) is 5.19. The van der Waals surface area contributed by atoms with Crippen LogP contribution in [0, 0.1) is 0 Å². The molecule has 22 heavy (non-hydrogen) atoms. The highest BCUT2D eigenvalue weighted by Crippen LogP contribution is 2.14. The molecular formula is C16H20N6. The van der Waals surface area contributed by atoms with Crippen LogP contribution in [-0.2, 0) is 12.8 Å². The second-order valence-corrected chi connectivity index (χ2v) is 5.19. The average Bonchev–Trinajstić information content (AvgIpc) is 2.94. The van der Waals surface area contributed by atoms with Gasteiger partial charge >= 0.3 is 0 Å². The normalized spacial score (nSPS) is 11.0. The highest BCUT2D eigenvalue weighted by molar-refractivity contribution is 5.74. The number of nitrogens with zero attached hydrogens (tertiary/aromatic N) is 3. The summed E-state index contributed by atoms with van der Waals surface area (Å²) in [7, 11) is 0. The summed E-state index contributed by atoms with van der Waals surface area (Å²) in [5.74, 6) is 2.15. The lowest BCUT2D eigenvalue weighted by Gasteiger charge is -2.09. The Morgan fingerprint density at radius 2 is 2.09 bits per heavy atom. The number of aryl methyl sites for hydroxylation is 2. The molecule has 0 aliphatic rings. The number of fused-ring (bicyclic) bond motifs is 1. The average molecular weight is 296 g/mol. The Morgan fingerprint density at radius 1 is 1.23 bits per heavy atom. The van der Waals surface area contributed by atoms with E-state index in [2.05, 4.69) is 32.2 Å². The highest BCUT2D eigenvalue weighted by atomic mass is 15.1. The first-order valence-corrected chi connectivity index (χ1v) is 7.55. The summed E-state index contributed by atoms with van der Waals surface area (Å²) in [5, 5.41) is 3.34. The zero-order chi connectivity index (χ0) is 15.4. The van der Waals surface area contributed by atoms with Gasteiger partial charge < -0.3 is 16.0 Å². The fourth-order valence-corrected chi connectivity index (χ4v) is 2.42. The van der Waals surface area contributed by atoms with Crippen LogP contribution >= 0.6 is 0 Å². The molecule has 6 heteroatoms. The molecule has 2 heterocycles. The Labute approximate surface area is 129 Å². The Kier molecular flexibility index (Phi) is 4.18. The molecule has 0 fully saturated rings. The van der Waals surface area contributed by atoms with Gasteiger partial charge in [-0.15, -0.1) is 0 Å². The van der Waals surface area contributed by atoms with Gasteiger partial charge in [0, 0.05) is 24.7 Å². The van der Waals surface area contributed by atoms with E-state index in [9.17, 15) is 0 Å². The molecule has 0 aliphatic heterocycles. The first-order valence-electron chi connectivity index (χ1n) is 7.55. The van der Waals surface area contributed by atoms with E-state index < -0.39 is 0 Å². The largest absolute Gasteiger partial charge is 0.370 e. The number of H-pyrrole nitrogens is 1. The quantitative estimate of drug-likeness (QED) is 0.608. The van der Waals surface area contributed by atoms with Crippen LogP contribution in [0.5, 0.6) is 0 Å². The Balaban J connectivity index is 1.56. The van der Waals surface area contributed by atoms with Gasteiger partial charge in [-0.05, 0) is 25.0 Å². The Bertz CT molecular complexity index is 731. The number of aromatic amines is 1. The van der Waals surface area contributed by atoms with Crippen molar-refractivity contribution in [3.8, 4) is 0 Å². The predicted molar refractivity (Wildman–Crippen MR) is 88.7 cm³/mol. The monoisotopic (exact) mass is 296 g/mol. The summed E-state index contributed by atoms with van der Waals surface area (Å²) in [5.41, 5.74) is 8.83. The number of hydrogen-bond acceptors (Lipinski definition) is 5. The summed E-state index contributed by atoms with van der Waals surface area (Å²) < 4.78 is 0. The van der Waals surface area contributed by atoms with E-state index in [1.165, 1.54) is 0 Å². The first-order chi connectivity index (χ1) is 10.8. The number of nitrogens with two attached hydrogens (primary N) is 1. The van der Waals surface area contributed by atoms with Crippen LogP contribution in [0.25, 0.3) is 11.0 Å². The maximum atomic E-state index is 5.64. The molecule has 0 unspecified atom stereocenters. The number of para-hydroxylation sites is 2. The fraction of sp³-hybridized carbons (Fsp3) is 0.312. The van der Waals surface area contributed by atoms with Crippen LogP contribution in [0.2, 0.25) is 0 Å². The van der Waals surface area contributed by atoms with Crippen molar-refractivity contribution >= 4 is 22.8 Å². The summed E-state index contributed by atoms with van der Waals surface area (Å²) >= 11 is 0. The SMILES string of the molecule is CCc1cnc(N)nc1NCCCc1nc2ccccc2[nH]1. The standard InChI is InChI=1S/C16H20N6/c1-2-11-10-19-16(17)22-15(11)18-9-5-8-14-20-12-6-3-4-7-13(12)21-14/h3-4,6-7,10H,2,5,8-9H2,1H3,(H,20,21)(H3,17,18,19,22). The van der Waals surface area contributed by atoms with Crippen LogP contribution in [-0.4, -0.2) is 26.5 Å². The van der Waals surface area contributed by atoms with Crippen LogP contribution < -0.4 is 11.1 Å². The van der Waals surface area contributed by atoms with E-state index in [0.29, 0.717) is 5.95 Å². The fourth-order valence-electron chi connectivity index (χ4n) is 2.42. The van der Waals surface area contributed by atoms with Crippen LogP contribution in [0.3, 0.4) is 0 Å². The third-order valence-corrected chi connectivity index (χ3v) is 3.59. The number of benzene rings is 1. The van der Waals surface area contributed by atoms with Crippen molar-refractivity contribution < 1.29 is 0 Å². The molecule has 0 aliphatic carbocycles. The van der Waals surface area contributed by atoms with Crippen LogP contribution in [0.15, 0.2) is 30.5 Å². The van der Waals surface area contributed by atoms with Gasteiger partial charge in [0.2, 0.25) is 5.95 Å². The minimum atomic E-state index is 0.303. The summed E-state index contributed by atoms with van der Waals surface area (Å²) in [4.78, 5) is 16.2. The topological polar surface area (TPSA) is 92.5 Å². The van der Waals surface area contributed by atoms with Crippen molar-refractivity contribution in [2.45, 2.75) is 26.2 Å². The van der Waals surface area contributed by atoms with Gasteiger partial charge in [-0.2, -0.15) is 4.98 Å². The summed E-state index contributed by atoms with van der Waals surface area (Å²) in [6.45, 7) is 2.90. The third kappa shape index (κ3) is 3.16. The number of imidazole rings is 1. The van der Waals surface area contributed by atoms with E-state index in [-0.39, 0.29) is 0 Å². The molecule has 114 valence electrons. The molecule has 0 saturated carbocycles. The maximum absolute atomic E-state index is 5.64. The van der Waals surface area contributed by atoms with Gasteiger partial charge in [0.15, 0.2) is 0 Å². The molecule has 4 N–H and O–H groups in total. The molecule has 0 radical (unpaired) electrons. The lowest BCUT2D eigenvalue weighted by Crippen LogP contribution is -2.09. The number of anilines is 2. The molecule has 6 nitrogen and oxygen atoms in total. The van der Waals surface area contributed by atoms with Crippen molar-refractivity contribution in [1.82, 2.24) is 19.9 Å². The van der Waals surface area contributed by atoms with E-state index >= 15 is 0 Å². The van der Waals surface area contributed by atoms with E-state index in [0.717, 1.165) is 54.0 Å². The lowest BCUT2D eigenvalue weighted by molar-refractivity contribution is 0.815. The van der Waals surface area contributed by atoms with E-state index in [1.807, 2.05) is 24.3 Å². The second kappa shape index (κ2) is 6.43. The zero-order valence-corrected chi connectivity index (χ0v) is 12.6. The van der Waals surface area contributed by atoms with E-state index in [1.54, 1.807) is 6.20 Å². The van der Waals surface area contributed by atoms with Gasteiger partial charge in [-0.1, -0.05) is 19.1 Å². The number of rotatable bonds is 6. The van der Waals surface area contributed by atoms with Crippen molar-refractivity contribution in [2.24, 2.45) is 0 Å². The Morgan fingerprint density at radius 3 is 2.91 bits per heavy atom. The highest BCUT2D eigenvalue weighted by Gasteiger charge is 2.05. The van der Waals surface area contributed by atoms with Gasteiger partial charge in [0.05, 0.1) is 11.0 Å². The maximum Gasteiger partial charge on any atom is 0.221 e. The predicted octanol–water partition coefficient (Wildman–Crippen LogP) is 2.54. The summed E-state index contributed by atoms with van der Waals surface area (Å²) in [6.07, 6.45) is 4.52. The molecule has 2 aromatic heterocycles. The van der Waals surface area contributed by atoms with Crippen LogP contribution in [0.4, 0.5) is 11.8 Å². The molecule has 3 aromatic rings. The smallest absolute Gasteiger partial charge is 0.221 e. The zero-order valence-electron chi connectivity index (χ0n) is 12.6.